The minimum absolute atomic E-state index is 0.0766. The van der Waals surface area contributed by atoms with Gasteiger partial charge in [0.25, 0.3) is 0 Å². The summed E-state index contributed by atoms with van der Waals surface area (Å²) in [4.78, 5) is 11.7. The van der Waals surface area contributed by atoms with Crippen molar-refractivity contribution in [3.8, 4) is 0 Å². The third-order valence-corrected chi connectivity index (χ3v) is 2.81. The minimum atomic E-state index is 0.0766. The second kappa shape index (κ2) is 6.05. The fourth-order valence-corrected chi connectivity index (χ4v) is 1.91. The minimum Gasteiger partial charge on any atom is -0.354 e. The molecule has 0 aliphatic heterocycles. The van der Waals surface area contributed by atoms with Gasteiger partial charge in [0.1, 0.15) is 0 Å². The highest BCUT2D eigenvalue weighted by molar-refractivity contribution is 5.78. The van der Waals surface area contributed by atoms with Crippen LogP contribution in [0.5, 0.6) is 0 Å². The number of rotatable bonds is 5. The molecule has 94 valence electrons. The van der Waals surface area contributed by atoms with Gasteiger partial charge >= 0.3 is 0 Å². The molecule has 2 aromatic rings. The van der Waals surface area contributed by atoms with Gasteiger partial charge < -0.3 is 9.88 Å². The highest BCUT2D eigenvalue weighted by atomic mass is 16.1. The van der Waals surface area contributed by atoms with Gasteiger partial charge in [0, 0.05) is 25.5 Å². The van der Waals surface area contributed by atoms with Crippen molar-refractivity contribution >= 4 is 5.91 Å². The number of carbonyl (C=O) groups excluding carboxylic acids is 1. The second-order valence-electron chi connectivity index (χ2n) is 4.44. The van der Waals surface area contributed by atoms with E-state index in [1.807, 2.05) is 60.3 Å². The van der Waals surface area contributed by atoms with E-state index in [-0.39, 0.29) is 5.91 Å². The van der Waals surface area contributed by atoms with Crippen molar-refractivity contribution in [1.29, 1.82) is 0 Å². The molecule has 0 aliphatic rings. The lowest BCUT2D eigenvalue weighted by atomic mass is 10.1. The summed E-state index contributed by atoms with van der Waals surface area (Å²) < 4.78 is 2.05. The Morgan fingerprint density at radius 1 is 1.22 bits per heavy atom. The normalized spacial score (nSPS) is 10.3. The Morgan fingerprint density at radius 3 is 2.72 bits per heavy atom. The maximum Gasteiger partial charge on any atom is 0.224 e. The van der Waals surface area contributed by atoms with E-state index in [1.54, 1.807) is 0 Å². The first-order valence-electron chi connectivity index (χ1n) is 6.17. The maximum atomic E-state index is 11.7. The Bertz CT molecular complexity index is 503. The third-order valence-electron chi connectivity index (χ3n) is 2.81. The number of hydrogen-bond acceptors (Lipinski definition) is 1. The highest BCUT2D eigenvalue weighted by Gasteiger charge is 2.02. The Labute approximate surface area is 107 Å². The number of nitrogens with zero attached hydrogens (tertiary/aromatic N) is 1. The summed E-state index contributed by atoms with van der Waals surface area (Å²) in [7, 11) is 0. The van der Waals surface area contributed by atoms with E-state index in [0.717, 1.165) is 12.1 Å². The largest absolute Gasteiger partial charge is 0.354 e. The zero-order chi connectivity index (χ0) is 12.8. The van der Waals surface area contributed by atoms with Gasteiger partial charge in [-0.15, -0.1) is 0 Å². The molecular formula is C15H18N2O. The molecule has 0 atom stereocenters. The van der Waals surface area contributed by atoms with Crippen LogP contribution in [0.4, 0.5) is 0 Å². The molecule has 0 aliphatic carbocycles. The number of amides is 1. The summed E-state index contributed by atoms with van der Waals surface area (Å²) in [6, 6.07) is 12.0. The topological polar surface area (TPSA) is 34.0 Å². The fourth-order valence-electron chi connectivity index (χ4n) is 1.91. The van der Waals surface area contributed by atoms with Crippen LogP contribution < -0.4 is 5.32 Å². The molecule has 0 spiro atoms. The SMILES string of the molecule is Cc1cccc(CC(=O)NCCn2cccc2)c1. The zero-order valence-corrected chi connectivity index (χ0v) is 10.6. The van der Waals surface area contributed by atoms with Crippen molar-refractivity contribution in [3.63, 3.8) is 0 Å². The molecule has 0 saturated heterocycles. The predicted molar refractivity (Wildman–Crippen MR) is 72.3 cm³/mol. The quantitative estimate of drug-likeness (QED) is 0.856. The molecule has 0 radical (unpaired) electrons. The van der Waals surface area contributed by atoms with E-state index < -0.39 is 0 Å². The lowest BCUT2D eigenvalue weighted by Crippen LogP contribution is -2.28. The van der Waals surface area contributed by atoms with E-state index >= 15 is 0 Å². The molecule has 1 N–H and O–H groups in total. The Hall–Kier alpha value is -2.03. The summed E-state index contributed by atoms with van der Waals surface area (Å²) in [5.74, 6) is 0.0766. The van der Waals surface area contributed by atoms with E-state index in [9.17, 15) is 4.79 Å². The van der Waals surface area contributed by atoms with E-state index in [4.69, 9.17) is 0 Å². The molecule has 0 bridgehead atoms. The van der Waals surface area contributed by atoms with Gasteiger partial charge in [-0.25, -0.2) is 0 Å². The molecule has 0 saturated carbocycles. The highest BCUT2D eigenvalue weighted by Crippen LogP contribution is 2.04. The van der Waals surface area contributed by atoms with Crippen LogP contribution >= 0.6 is 0 Å². The maximum absolute atomic E-state index is 11.7. The number of carbonyl (C=O) groups is 1. The van der Waals surface area contributed by atoms with Crippen molar-refractivity contribution < 1.29 is 4.79 Å². The van der Waals surface area contributed by atoms with Gasteiger partial charge in [0.15, 0.2) is 0 Å². The van der Waals surface area contributed by atoms with Gasteiger partial charge in [-0.3, -0.25) is 4.79 Å². The van der Waals surface area contributed by atoms with Gasteiger partial charge in [-0.1, -0.05) is 29.8 Å². The molecule has 1 heterocycles. The molecule has 1 amide bonds. The Morgan fingerprint density at radius 2 is 2.00 bits per heavy atom. The van der Waals surface area contributed by atoms with Crippen molar-refractivity contribution in [3.05, 3.63) is 59.9 Å². The van der Waals surface area contributed by atoms with E-state index in [1.165, 1.54) is 5.56 Å². The predicted octanol–water partition coefficient (Wildman–Crippen LogP) is 2.16. The number of aryl methyl sites for hydroxylation is 1. The van der Waals surface area contributed by atoms with Crippen LogP contribution in [0.1, 0.15) is 11.1 Å². The summed E-state index contributed by atoms with van der Waals surface area (Å²) in [6.45, 7) is 3.51. The molecule has 2 rings (SSSR count). The van der Waals surface area contributed by atoms with Crippen LogP contribution in [0.3, 0.4) is 0 Å². The monoisotopic (exact) mass is 242 g/mol. The standard InChI is InChI=1S/C15H18N2O/c1-13-5-4-6-14(11-13)12-15(18)16-7-10-17-8-2-3-9-17/h2-6,8-9,11H,7,10,12H2,1H3,(H,16,18). The number of hydrogen-bond donors (Lipinski definition) is 1. The average molecular weight is 242 g/mol. The van der Waals surface area contributed by atoms with Crippen LogP contribution in [-0.4, -0.2) is 17.0 Å². The molecule has 1 aromatic carbocycles. The summed E-state index contributed by atoms with van der Waals surface area (Å²) in [5.41, 5.74) is 2.25. The fraction of sp³-hybridized carbons (Fsp3) is 0.267. The molecule has 3 heteroatoms. The lowest BCUT2D eigenvalue weighted by molar-refractivity contribution is -0.120. The average Bonchev–Trinajstić information content (AvgIpc) is 2.82. The second-order valence-corrected chi connectivity index (χ2v) is 4.44. The van der Waals surface area contributed by atoms with Crippen LogP contribution in [0.25, 0.3) is 0 Å². The molecule has 0 unspecified atom stereocenters. The van der Waals surface area contributed by atoms with Crippen LogP contribution in [-0.2, 0) is 17.8 Å². The van der Waals surface area contributed by atoms with Crippen LogP contribution in [0.15, 0.2) is 48.8 Å². The van der Waals surface area contributed by atoms with Gasteiger partial charge in [-0.05, 0) is 24.6 Å². The number of nitrogens with one attached hydrogen (secondary N) is 1. The van der Waals surface area contributed by atoms with E-state index in [2.05, 4.69) is 5.32 Å². The first-order valence-corrected chi connectivity index (χ1v) is 6.17. The Balaban J connectivity index is 1.75. The number of benzene rings is 1. The molecule has 1 aromatic heterocycles. The lowest BCUT2D eigenvalue weighted by Gasteiger charge is -2.06. The van der Waals surface area contributed by atoms with Crippen LogP contribution in [0, 0.1) is 6.92 Å². The zero-order valence-electron chi connectivity index (χ0n) is 10.6. The summed E-state index contributed by atoms with van der Waals surface area (Å²) >= 11 is 0. The van der Waals surface area contributed by atoms with Gasteiger partial charge in [-0.2, -0.15) is 0 Å². The summed E-state index contributed by atoms with van der Waals surface area (Å²) in [6.07, 6.45) is 4.44. The molecule has 18 heavy (non-hydrogen) atoms. The summed E-state index contributed by atoms with van der Waals surface area (Å²) in [5, 5.41) is 2.93. The van der Waals surface area contributed by atoms with Gasteiger partial charge in [0.05, 0.1) is 6.42 Å². The van der Waals surface area contributed by atoms with Crippen LogP contribution in [0.2, 0.25) is 0 Å². The smallest absolute Gasteiger partial charge is 0.224 e. The first kappa shape index (κ1) is 12.4. The first-order chi connectivity index (χ1) is 8.74. The molecule has 0 fully saturated rings. The van der Waals surface area contributed by atoms with Crippen molar-refractivity contribution in [2.45, 2.75) is 19.9 Å². The third kappa shape index (κ3) is 3.77. The van der Waals surface area contributed by atoms with E-state index in [0.29, 0.717) is 13.0 Å². The van der Waals surface area contributed by atoms with Crippen molar-refractivity contribution in [2.75, 3.05) is 6.54 Å². The molecule has 3 nitrogen and oxygen atoms in total. The number of aromatic nitrogens is 1. The van der Waals surface area contributed by atoms with Crippen molar-refractivity contribution in [2.24, 2.45) is 0 Å². The van der Waals surface area contributed by atoms with Gasteiger partial charge in [0.2, 0.25) is 5.91 Å². The molecular weight excluding hydrogens is 224 g/mol. The van der Waals surface area contributed by atoms with Crippen molar-refractivity contribution in [1.82, 2.24) is 9.88 Å². The Kier molecular flexibility index (Phi) is 4.18.